The fourth-order valence-corrected chi connectivity index (χ4v) is 6.82. The summed E-state index contributed by atoms with van der Waals surface area (Å²) < 4.78 is 56.5. The molecule has 1 fully saturated rings. The summed E-state index contributed by atoms with van der Waals surface area (Å²) in [6.45, 7) is 3.26. The van der Waals surface area contributed by atoms with Gasteiger partial charge < -0.3 is 20.8 Å². The van der Waals surface area contributed by atoms with Crippen LogP contribution in [0.5, 0.6) is 0 Å². The van der Waals surface area contributed by atoms with Crippen LogP contribution in [-0.4, -0.2) is 65.3 Å². The highest BCUT2D eigenvalue weighted by atomic mass is 32.2. The number of hydrogen-bond acceptors (Lipinski definition) is 7. The second-order valence-corrected chi connectivity index (χ2v) is 12.9. The average Bonchev–Trinajstić information content (AvgIpc) is 3.52. The number of sulfonamides is 1. The molecule has 1 aromatic heterocycles. The lowest BCUT2D eigenvalue weighted by Crippen LogP contribution is -2.50. The Morgan fingerprint density at radius 2 is 1.84 bits per heavy atom. The number of hydrogen-bond donors (Lipinski definition) is 4. The van der Waals surface area contributed by atoms with Crippen molar-refractivity contribution in [2.24, 2.45) is 5.92 Å². The minimum Gasteiger partial charge on any atom is -0.465 e. The topological polar surface area (TPSA) is 132 Å². The van der Waals surface area contributed by atoms with Gasteiger partial charge in [-0.15, -0.1) is 0 Å². The summed E-state index contributed by atoms with van der Waals surface area (Å²) in [5.74, 6) is -1.80. The largest absolute Gasteiger partial charge is 0.465 e. The Hall–Kier alpha value is -2.87. The second kappa shape index (κ2) is 11.5. The van der Waals surface area contributed by atoms with Crippen molar-refractivity contribution >= 4 is 42.8 Å². The summed E-state index contributed by atoms with van der Waals surface area (Å²) >= 11 is 1.36. The van der Waals surface area contributed by atoms with Gasteiger partial charge in [-0.1, -0.05) is 25.2 Å². The smallest absolute Gasteiger partial charge is 0.404 e. The maximum atomic E-state index is 13.7. The molecule has 4 rings (SSSR count). The van der Waals surface area contributed by atoms with Gasteiger partial charge in [0.15, 0.2) is 5.13 Å². The van der Waals surface area contributed by atoms with Gasteiger partial charge in [0.25, 0.3) is 0 Å². The Balaban J connectivity index is 1.58. The number of aliphatic hydroxyl groups is 1. The van der Waals surface area contributed by atoms with E-state index in [0.29, 0.717) is 22.3 Å². The molecule has 1 amide bonds. The molecule has 2 aromatic carbocycles. The number of amides is 1. The number of anilines is 1. The minimum atomic E-state index is -4.10. The van der Waals surface area contributed by atoms with Gasteiger partial charge in [-0.2, -0.15) is 4.31 Å². The normalized spacial score (nSPS) is 15.7. The van der Waals surface area contributed by atoms with Crippen molar-refractivity contribution in [3.05, 3.63) is 53.6 Å². The number of rotatable bonds is 12. The van der Waals surface area contributed by atoms with Gasteiger partial charge in [0.05, 0.1) is 27.3 Å². The number of carbonyl (C=O) groups is 1. The van der Waals surface area contributed by atoms with Crippen molar-refractivity contribution in [1.29, 1.82) is 0 Å². The molecule has 1 aliphatic carbocycles. The molecule has 9 nitrogen and oxygen atoms in total. The lowest BCUT2D eigenvalue weighted by molar-refractivity contribution is 0.0980. The van der Waals surface area contributed by atoms with Gasteiger partial charge in [0, 0.05) is 25.2 Å². The first kappa shape index (κ1) is 28.1. The third-order valence-corrected chi connectivity index (χ3v) is 8.79. The monoisotopic (exact) mass is 568 g/mol. The van der Waals surface area contributed by atoms with Crippen LogP contribution in [0, 0.1) is 17.6 Å². The third-order valence-electron chi connectivity index (χ3n) is 6.01. The molecule has 13 heteroatoms. The van der Waals surface area contributed by atoms with E-state index < -0.39 is 46.4 Å². The molecule has 0 spiro atoms. The quantitative estimate of drug-likeness (QED) is 0.259. The molecule has 3 aromatic rings. The number of halogens is 2. The van der Waals surface area contributed by atoms with E-state index in [1.807, 2.05) is 13.8 Å². The summed E-state index contributed by atoms with van der Waals surface area (Å²) in [6.07, 6.45) is -1.06. The lowest BCUT2D eigenvalue weighted by Gasteiger charge is -2.30. The van der Waals surface area contributed by atoms with E-state index in [-0.39, 0.29) is 29.3 Å². The predicted octanol–water partition coefficient (Wildman–Crippen LogP) is 4.04. The van der Waals surface area contributed by atoms with E-state index in [1.165, 1.54) is 17.4 Å². The molecule has 1 aliphatic rings. The molecular formula is C25H30F2N4O5S2. The van der Waals surface area contributed by atoms with Gasteiger partial charge in [0.1, 0.15) is 11.6 Å². The van der Waals surface area contributed by atoms with Crippen LogP contribution in [0.2, 0.25) is 0 Å². The maximum Gasteiger partial charge on any atom is 0.404 e. The zero-order valence-electron chi connectivity index (χ0n) is 20.9. The summed E-state index contributed by atoms with van der Waals surface area (Å²) in [4.78, 5) is 15.9. The Morgan fingerprint density at radius 1 is 1.16 bits per heavy atom. The number of carboxylic acid groups (broad SMARTS) is 1. The molecule has 2 atom stereocenters. The van der Waals surface area contributed by atoms with Crippen molar-refractivity contribution in [2.45, 2.75) is 56.2 Å². The van der Waals surface area contributed by atoms with Gasteiger partial charge >= 0.3 is 6.09 Å². The number of aromatic nitrogens is 1. The lowest BCUT2D eigenvalue weighted by atomic mass is 10.0. The standard InChI is InChI=1S/C25H30F2N4O5S2/c1-14(2)12-31(13-22(32)21(30-25(33)34)9-15-7-16(26)10-17(27)8-15)38(35,36)19-5-6-20-23(11-19)37-24(29-20)28-18-3-4-18/h5-8,10-11,14,18,21-22,30,32H,3-4,9,12-13H2,1-2H3,(H,28,29)(H,33,34)/t21-,22+/m0/s1. The molecule has 0 unspecified atom stereocenters. The van der Waals surface area contributed by atoms with Crippen LogP contribution in [0.1, 0.15) is 32.3 Å². The highest BCUT2D eigenvalue weighted by Crippen LogP contribution is 2.33. The first-order valence-corrected chi connectivity index (χ1v) is 14.5. The number of fused-ring (bicyclic) bond motifs is 1. The van der Waals surface area contributed by atoms with Gasteiger partial charge in [-0.05, 0) is 61.1 Å². The Kier molecular flexibility index (Phi) is 8.50. The molecule has 0 radical (unpaired) electrons. The van der Waals surface area contributed by atoms with Crippen LogP contribution in [-0.2, 0) is 16.4 Å². The van der Waals surface area contributed by atoms with E-state index in [2.05, 4.69) is 15.6 Å². The van der Waals surface area contributed by atoms with Crippen molar-refractivity contribution in [2.75, 3.05) is 18.4 Å². The van der Waals surface area contributed by atoms with Gasteiger partial charge in [-0.3, -0.25) is 0 Å². The number of aliphatic hydroxyl groups excluding tert-OH is 1. The summed E-state index contributed by atoms with van der Waals surface area (Å²) in [5.41, 5.74) is 0.783. The summed E-state index contributed by atoms with van der Waals surface area (Å²) in [5, 5.41) is 26.4. The fraction of sp³-hybridized carbons (Fsp3) is 0.440. The third kappa shape index (κ3) is 7.16. The molecular weight excluding hydrogens is 538 g/mol. The van der Waals surface area contributed by atoms with E-state index in [0.717, 1.165) is 34.4 Å². The Morgan fingerprint density at radius 3 is 2.45 bits per heavy atom. The van der Waals surface area contributed by atoms with Crippen molar-refractivity contribution < 1.29 is 32.2 Å². The van der Waals surface area contributed by atoms with Crippen LogP contribution in [0.15, 0.2) is 41.3 Å². The van der Waals surface area contributed by atoms with Crippen molar-refractivity contribution in [3.63, 3.8) is 0 Å². The molecule has 1 heterocycles. The predicted molar refractivity (Wildman–Crippen MR) is 141 cm³/mol. The van der Waals surface area contributed by atoms with E-state index in [4.69, 9.17) is 0 Å². The van der Waals surface area contributed by atoms with E-state index in [9.17, 15) is 32.2 Å². The zero-order valence-corrected chi connectivity index (χ0v) is 22.5. The zero-order chi connectivity index (χ0) is 27.6. The number of benzene rings is 2. The molecule has 0 aliphatic heterocycles. The molecule has 206 valence electrons. The highest BCUT2D eigenvalue weighted by Gasteiger charge is 2.32. The maximum absolute atomic E-state index is 13.7. The first-order chi connectivity index (χ1) is 17.9. The molecule has 1 saturated carbocycles. The van der Waals surface area contributed by atoms with Crippen LogP contribution >= 0.6 is 11.3 Å². The first-order valence-electron chi connectivity index (χ1n) is 12.2. The number of nitrogens with zero attached hydrogens (tertiary/aromatic N) is 2. The average molecular weight is 569 g/mol. The molecule has 0 bridgehead atoms. The van der Waals surface area contributed by atoms with Crippen LogP contribution in [0.25, 0.3) is 10.2 Å². The Labute approximate surface area is 223 Å². The fourth-order valence-electron chi connectivity index (χ4n) is 4.12. The highest BCUT2D eigenvalue weighted by molar-refractivity contribution is 7.89. The van der Waals surface area contributed by atoms with E-state index >= 15 is 0 Å². The van der Waals surface area contributed by atoms with E-state index in [1.54, 1.807) is 12.1 Å². The minimum absolute atomic E-state index is 0.0226. The van der Waals surface area contributed by atoms with Crippen molar-refractivity contribution in [1.82, 2.24) is 14.6 Å². The van der Waals surface area contributed by atoms with Gasteiger partial charge in [0.2, 0.25) is 10.0 Å². The van der Waals surface area contributed by atoms with Crippen LogP contribution in [0.3, 0.4) is 0 Å². The molecule has 4 N–H and O–H groups in total. The number of thiazole rings is 1. The molecule has 38 heavy (non-hydrogen) atoms. The van der Waals surface area contributed by atoms with Crippen LogP contribution < -0.4 is 10.6 Å². The second-order valence-electron chi connectivity index (χ2n) is 9.89. The van der Waals surface area contributed by atoms with Gasteiger partial charge in [-0.25, -0.2) is 27.0 Å². The molecule has 0 saturated heterocycles. The number of nitrogens with one attached hydrogen (secondary N) is 2. The van der Waals surface area contributed by atoms with Crippen molar-refractivity contribution in [3.8, 4) is 0 Å². The van der Waals surface area contributed by atoms with Crippen LogP contribution in [0.4, 0.5) is 18.7 Å². The summed E-state index contributed by atoms with van der Waals surface area (Å²) in [6, 6.07) is 6.56. The summed E-state index contributed by atoms with van der Waals surface area (Å²) in [7, 11) is -4.10. The Bertz CT molecular complexity index is 1390. The SMILES string of the molecule is CC(C)CN(C[C@@H](O)[C@H](Cc1cc(F)cc(F)c1)NC(=O)O)S(=O)(=O)c1ccc2nc(NC3CC3)sc2c1.